The van der Waals surface area contributed by atoms with Crippen molar-refractivity contribution in [1.29, 1.82) is 0 Å². The Balaban J connectivity index is 1.56. The van der Waals surface area contributed by atoms with Gasteiger partial charge in [0.2, 0.25) is 5.13 Å². The Bertz CT molecular complexity index is 1030. The molecule has 2 aromatic heterocycles. The summed E-state index contributed by atoms with van der Waals surface area (Å²) in [6.45, 7) is 0. The minimum atomic E-state index is -0.236. The first kappa shape index (κ1) is 14.7. The predicted molar refractivity (Wildman–Crippen MR) is 97.3 cm³/mol. The van der Waals surface area contributed by atoms with Crippen LogP contribution in [0.3, 0.4) is 0 Å². The van der Waals surface area contributed by atoms with E-state index in [0.29, 0.717) is 15.8 Å². The SMILES string of the molecule is Nc1nc2ccc(C(=O)Nc3nnc(-c4ccccc4)s3)cc2s1. The number of rotatable bonds is 3. The van der Waals surface area contributed by atoms with Crippen molar-refractivity contribution in [3.05, 3.63) is 54.1 Å². The summed E-state index contributed by atoms with van der Waals surface area (Å²) < 4.78 is 0.877. The van der Waals surface area contributed by atoms with Crippen molar-refractivity contribution < 1.29 is 4.79 Å². The molecule has 0 fully saturated rings. The number of carbonyl (C=O) groups excluding carboxylic acids is 1. The van der Waals surface area contributed by atoms with Crippen LogP contribution in [0.25, 0.3) is 20.8 Å². The lowest BCUT2D eigenvalue weighted by molar-refractivity contribution is 0.102. The first-order valence-electron chi connectivity index (χ1n) is 7.05. The zero-order valence-electron chi connectivity index (χ0n) is 12.3. The monoisotopic (exact) mass is 353 g/mol. The Morgan fingerprint density at radius 3 is 2.71 bits per heavy atom. The number of hydrogen-bond donors (Lipinski definition) is 2. The molecule has 0 saturated carbocycles. The third-order valence-electron chi connectivity index (χ3n) is 3.33. The van der Waals surface area contributed by atoms with Crippen LogP contribution < -0.4 is 11.1 Å². The van der Waals surface area contributed by atoms with E-state index in [4.69, 9.17) is 5.73 Å². The molecule has 2 heterocycles. The van der Waals surface area contributed by atoms with Crippen molar-refractivity contribution in [3.63, 3.8) is 0 Å². The molecule has 0 unspecified atom stereocenters. The van der Waals surface area contributed by atoms with Crippen molar-refractivity contribution in [3.8, 4) is 10.6 Å². The molecule has 4 aromatic rings. The Kier molecular flexibility index (Phi) is 3.68. The summed E-state index contributed by atoms with van der Waals surface area (Å²) in [6, 6.07) is 15.0. The van der Waals surface area contributed by atoms with E-state index in [1.54, 1.807) is 18.2 Å². The standard InChI is InChI=1S/C16H11N5OS2/c17-15-18-11-7-6-10(8-12(11)23-15)13(22)19-16-21-20-14(24-16)9-4-2-1-3-5-9/h1-8H,(H2,17,18)(H,19,21,22). The zero-order valence-corrected chi connectivity index (χ0v) is 13.9. The van der Waals surface area contributed by atoms with E-state index in [1.807, 2.05) is 30.3 Å². The molecule has 0 bridgehead atoms. The van der Waals surface area contributed by atoms with E-state index in [-0.39, 0.29) is 5.91 Å². The summed E-state index contributed by atoms with van der Waals surface area (Å²) in [4.78, 5) is 16.6. The molecule has 0 radical (unpaired) electrons. The fourth-order valence-corrected chi connectivity index (χ4v) is 3.74. The Hall–Kier alpha value is -2.84. The number of aromatic nitrogens is 3. The Morgan fingerprint density at radius 1 is 1.04 bits per heavy atom. The lowest BCUT2D eigenvalue weighted by Crippen LogP contribution is -2.11. The van der Waals surface area contributed by atoms with Crippen molar-refractivity contribution in [2.24, 2.45) is 0 Å². The van der Waals surface area contributed by atoms with Gasteiger partial charge in [0.1, 0.15) is 5.01 Å². The van der Waals surface area contributed by atoms with E-state index in [9.17, 15) is 4.79 Å². The fraction of sp³-hybridized carbons (Fsp3) is 0. The molecule has 3 N–H and O–H groups in total. The molecule has 4 rings (SSSR count). The minimum Gasteiger partial charge on any atom is -0.375 e. The number of hydrogen-bond acceptors (Lipinski definition) is 7. The first-order chi connectivity index (χ1) is 11.7. The number of nitrogen functional groups attached to an aromatic ring is 1. The maximum absolute atomic E-state index is 12.4. The fourth-order valence-electron chi connectivity index (χ4n) is 2.22. The molecule has 1 amide bonds. The summed E-state index contributed by atoms with van der Waals surface area (Å²) in [5.41, 5.74) is 7.98. The highest BCUT2D eigenvalue weighted by atomic mass is 32.1. The molecule has 8 heteroatoms. The molecule has 6 nitrogen and oxygen atoms in total. The number of nitrogens with two attached hydrogens (primary N) is 1. The third-order valence-corrected chi connectivity index (χ3v) is 5.07. The molecule has 0 saturated heterocycles. The van der Waals surface area contributed by atoms with Gasteiger partial charge >= 0.3 is 0 Å². The average Bonchev–Trinajstić information content (AvgIpc) is 3.20. The molecule has 0 atom stereocenters. The van der Waals surface area contributed by atoms with Gasteiger partial charge in [-0.05, 0) is 18.2 Å². The summed E-state index contributed by atoms with van der Waals surface area (Å²) in [5.74, 6) is -0.236. The van der Waals surface area contributed by atoms with Crippen LogP contribution in [-0.4, -0.2) is 21.1 Å². The summed E-state index contributed by atoms with van der Waals surface area (Å²) in [7, 11) is 0. The molecule has 118 valence electrons. The molecule has 24 heavy (non-hydrogen) atoms. The van der Waals surface area contributed by atoms with Gasteiger partial charge in [-0.3, -0.25) is 10.1 Å². The molecule has 0 aliphatic rings. The van der Waals surface area contributed by atoms with Gasteiger partial charge in [0, 0.05) is 11.1 Å². The maximum Gasteiger partial charge on any atom is 0.257 e. The van der Waals surface area contributed by atoms with Crippen molar-refractivity contribution in [1.82, 2.24) is 15.2 Å². The maximum atomic E-state index is 12.4. The largest absolute Gasteiger partial charge is 0.375 e. The van der Waals surface area contributed by atoms with Gasteiger partial charge in [0.15, 0.2) is 5.13 Å². The summed E-state index contributed by atoms with van der Waals surface area (Å²) in [6.07, 6.45) is 0. The van der Waals surface area contributed by atoms with E-state index >= 15 is 0 Å². The second kappa shape index (κ2) is 5.99. The summed E-state index contributed by atoms with van der Waals surface area (Å²) in [5, 5.41) is 12.6. The van der Waals surface area contributed by atoms with E-state index in [2.05, 4.69) is 20.5 Å². The highest BCUT2D eigenvalue weighted by Crippen LogP contribution is 2.27. The molecule has 0 spiro atoms. The van der Waals surface area contributed by atoms with Crippen LogP contribution in [0.1, 0.15) is 10.4 Å². The minimum absolute atomic E-state index is 0.236. The quantitative estimate of drug-likeness (QED) is 0.586. The van der Waals surface area contributed by atoms with Crippen LogP contribution >= 0.6 is 22.7 Å². The number of carbonyl (C=O) groups is 1. The third kappa shape index (κ3) is 2.84. The highest BCUT2D eigenvalue weighted by Gasteiger charge is 2.12. The number of nitrogens with one attached hydrogen (secondary N) is 1. The molecular weight excluding hydrogens is 342 g/mol. The lowest BCUT2D eigenvalue weighted by Gasteiger charge is -2.00. The highest BCUT2D eigenvalue weighted by molar-refractivity contribution is 7.22. The van der Waals surface area contributed by atoms with Crippen molar-refractivity contribution in [2.45, 2.75) is 0 Å². The molecule has 0 aliphatic heterocycles. The number of fused-ring (bicyclic) bond motifs is 1. The van der Waals surface area contributed by atoms with E-state index < -0.39 is 0 Å². The van der Waals surface area contributed by atoms with Crippen molar-refractivity contribution in [2.75, 3.05) is 11.1 Å². The topological polar surface area (TPSA) is 93.8 Å². The molecule has 0 aliphatic carbocycles. The lowest BCUT2D eigenvalue weighted by atomic mass is 10.2. The van der Waals surface area contributed by atoms with Crippen LogP contribution in [0.5, 0.6) is 0 Å². The van der Waals surface area contributed by atoms with Gasteiger partial charge in [0.05, 0.1) is 10.2 Å². The average molecular weight is 353 g/mol. The van der Waals surface area contributed by atoms with Gasteiger partial charge in [-0.1, -0.05) is 53.0 Å². The number of anilines is 2. The number of benzene rings is 2. The van der Waals surface area contributed by atoms with Gasteiger partial charge < -0.3 is 5.73 Å². The van der Waals surface area contributed by atoms with Gasteiger partial charge in [-0.15, -0.1) is 10.2 Å². The van der Waals surface area contributed by atoms with Crippen molar-refractivity contribution >= 4 is 49.1 Å². The second-order valence-electron chi connectivity index (χ2n) is 4.97. The van der Waals surface area contributed by atoms with Crippen LogP contribution in [0.2, 0.25) is 0 Å². The molecule has 2 aromatic carbocycles. The van der Waals surface area contributed by atoms with Gasteiger partial charge in [-0.25, -0.2) is 4.98 Å². The number of amides is 1. The second-order valence-corrected chi connectivity index (χ2v) is 7.01. The Morgan fingerprint density at radius 2 is 1.88 bits per heavy atom. The smallest absolute Gasteiger partial charge is 0.257 e. The number of thiazole rings is 1. The predicted octanol–water partition coefficient (Wildman–Crippen LogP) is 3.65. The summed E-state index contributed by atoms with van der Waals surface area (Å²) >= 11 is 2.69. The van der Waals surface area contributed by atoms with Gasteiger partial charge in [0.25, 0.3) is 5.91 Å². The zero-order chi connectivity index (χ0) is 16.5. The first-order valence-corrected chi connectivity index (χ1v) is 8.69. The van der Waals surface area contributed by atoms with E-state index in [0.717, 1.165) is 20.8 Å². The van der Waals surface area contributed by atoms with Crippen LogP contribution in [0.4, 0.5) is 10.3 Å². The van der Waals surface area contributed by atoms with E-state index in [1.165, 1.54) is 22.7 Å². The van der Waals surface area contributed by atoms with Gasteiger partial charge in [-0.2, -0.15) is 0 Å². The van der Waals surface area contributed by atoms with Crippen LogP contribution in [0.15, 0.2) is 48.5 Å². The Labute approximate surface area is 145 Å². The normalized spacial score (nSPS) is 10.8. The molecular formula is C16H11N5OS2. The van der Waals surface area contributed by atoms with Crippen LogP contribution in [-0.2, 0) is 0 Å². The van der Waals surface area contributed by atoms with Crippen LogP contribution in [0, 0.1) is 0 Å². The number of nitrogens with zero attached hydrogens (tertiary/aromatic N) is 3.